The van der Waals surface area contributed by atoms with E-state index in [4.69, 9.17) is 10.5 Å². The summed E-state index contributed by atoms with van der Waals surface area (Å²) < 4.78 is 19.8. The van der Waals surface area contributed by atoms with Crippen LogP contribution in [-0.4, -0.2) is 33.7 Å². The van der Waals surface area contributed by atoms with E-state index >= 15 is 0 Å². The van der Waals surface area contributed by atoms with Gasteiger partial charge < -0.3 is 25.6 Å². The molecule has 3 rings (SSSR count). The lowest BCUT2D eigenvalue weighted by Crippen LogP contribution is -2.30. The van der Waals surface area contributed by atoms with Crippen molar-refractivity contribution in [3.63, 3.8) is 0 Å². The second-order valence-corrected chi connectivity index (χ2v) is 6.85. The first-order valence-electron chi connectivity index (χ1n) is 8.90. The van der Waals surface area contributed by atoms with Crippen LogP contribution in [-0.2, 0) is 6.54 Å². The maximum absolute atomic E-state index is 14.4. The lowest BCUT2D eigenvalue weighted by atomic mass is 10.1. The highest BCUT2D eigenvalue weighted by atomic mass is 19.1. The van der Waals surface area contributed by atoms with Crippen molar-refractivity contribution in [2.24, 2.45) is 11.7 Å². The minimum atomic E-state index is -1.04. The van der Waals surface area contributed by atoms with Gasteiger partial charge in [-0.15, -0.1) is 0 Å². The summed E-state index contributed by atoms with van der Waals surface area (Å²) in [6.45, 7) is 0.513. The summed E-state index contributed by atoms with van der Waals surface area (Å²) in [5.74, 6) is -1.17. The third-order valence-corrected chi connectivity index (χ3v) is 4.61. The SMILES string of the molecule is NC(=O)c1ccc(Oc2ccc(CN(CCC3CC3)C(=O)O)cc2F)cc1O. The molecular weight excluding hydrogens is 367 g/mol. The van der Waals surface area contributed by atoms with Crippen molar-refractivity contribution >= 4 is 12.0 Å². The summed E-state index contributed by atoms with van der Waals surface area (Å²) in [4.78, 5) is 23.8. The Labute approximate surface area is 161 Å². The Bertz CT molecular complexity index is 898. The van der Waals surface area contributed by atoms with Gasteiger partial charge in [0.05, 0.1) is 5.56 Å². The van der Waals surface area contributed by atoms with Gasteiger partial charge in [0.2, 0.25) is 0 Å². The molecule has 1 aliphatic rings. The maximum Gasteiger partial charge on any atom is 0.407 e. The summed E-state index contributed by atoms with van der Waals surface area (Å²) in [5, 5.41) is 19.1. The molecule has 2 aromatic rings. The van der Waals surface area contributed by atoms with E-state index in [0.717, 1.165) is 25.3 Å². The number of carboxylic acid groups (broad SMARTS) is 1. The van der Waals surface area contributed by atoms with Crippen molar-refractivity contribution in [2.75, 3.05) is 6.54 Å². The predicted octanol–water partition coefficient (Wildman–Crippen LogP) is 3.70. The van der Waals surface area contributed by atoms with Gasteiger partial charge in [-0.1, -0.05) is 18.9 Å². The molecule has 8 heteroatoms. The van der Waals surface area contributed by atoms with Gasteiger partial charge in [0, 0.05) is 19.2 Å². The van der Waals surface area contributed by atoms with Crippen LogP contribution in [0.15, 0.2) is 36.4 Å². The van der Waals surface area contributed by atoms with Gasteiger partial charge in [-0.3, -0.25) is 4.79 Å². The van der Waals surface area contributed by atoms with Crippen molar-refractivity contribution < 1.29 is 28.9 Å². The van der Waals surface area contributed by atoms with Crippen LogP contribution in [0.25, 0.3) is 0 Å². The van der Waals surface area contributed by atoms with E-state index in [2.05, 4.69) is 0 Å². The Hall–Kier alpha value is -3.29. The number of benzene rings is 2. The fourth-order valence-corrected chi connectivity index (χ4v) is 2.84. The topological polar surface area (TPSA) is 113 Å². The molecule has 0 spiro atoms. The number of nitrogens with zero attached hydrogens (tertiary/aromatic N) is 1. The van der Waals surface area contributed by atoms with Crippen LogP contribution in [0.2, 0.25) is 0 Å². The standard InChI is InChI=1S/C20H21FN2O5/c21-16-9-13(11-23(20(26)27)8-7-12-1-2-12)3-6-18(16)28-14-4-5-15(19(22)25)17(24)10-14/h3-6,9-10,12,24H,1-2,7-8,11H2,(H2,22,25)(H,26,27). The molecule has 0 aliphatic heterocycles. The molecule has 0 radical (unpaired) electrons. The van der Waals surface area contributed by atoms with Crippen LogP contribution in [0.5, 0.6) is 17.2 Å². The highest BCUT2D eigenvalue weighted by molar-refractivity contribution is 5.95. The van der Waals surface area contributed by atoms with E-state index in [9.17, 15) is 24.2 Å². The minimum absolute atomic E-state index is 0.0665. The smallest absolute Gasteiger partial charge is 0.407 e. The monoisotopic (exact) mass is 388 g/mol. The van der Waals surface area contributed by atoms with Crippen LogP contribution >= 0.6 is 0 Å². The lowest BCUT2D eigenvalue weighted by Gasteiger charge is -2.19. The van der Waals surface area contributed by atoms with E-state index in [0.29, 0.717) is 18.0 Å². The van der Waals surface area contributed by atoms with Crippen molar-refractivity contribution in [1.29, 1.82) is 0 Å². The molecule has 4 N–H and O–H groups in total. The van der Waals surface area contributed by atoms with Gasteiger partial charge in [0.25, 0.3) is 5.91 Å². The zero-order valence-corrected chi connectivity index (χ0v) is 15.1. The number of hydrogen-bond donors (Lipinski definition) is 3. The number of amides is 2. The Balaban J connectivity index is 1.68. The number of rotatable bonds is 8. The number of nitrogens with two attached hydrogens (primary N) is 1. The molecule has 1 aliphatic carbocycles. The zero-order chi connectivity index (χ0) is 20.3. The quantitative estimate of drug-likeness (QED) is 0.638. The van der Waals surface area contributed by atoms with Gasteiger partial charge in [0.15, 0.2) is 11.6 Å². The third kappa shape index (κ3) is 4.91. The highest BCUT2D eigenvalue weighted by Crippen LogP contribution is 2.33. The summed E-state index contributed by atoms with van der Waals surface area (Å²) in [6.07, 6.45) is 2.07. The van der Waals surface area contributed by atoms with Gasteiger partial charge in [-0.05, 0) is 42.2 Å². The third-order valence-electron chi connectivity index (χ3n) is 4.61. The molecule has 0 bridgehead atoms. The van der Waals surface area contributed by atoms with Gasteiger partial charge in [0.1, 0.15) is 11.5 Å². The number of carbonyl (C=O) groups excluding carboxylic acids is 1. The van der Waals surface area contributed by atoms with Gasteiger partial charge in [-0.25, -0.2) is 9.18 Å². The Morgan fingerprint density at radius 3 is 2.54 bits per heavy atom. The van der Waals surface area contributed by atoms with E-state index < -0.39 is 17.8 Å². The van der Waals surface area contributed by atoms with Crippen LogP contribution in [0.1, 0.15) is 35.2 Å². The van der Waals surface area contributed by atoms with Crippen molar-refractivity contribution in [3.8, 4) is 17.2 Å². The molecule has 1 saturated carbocycles. The molecule has 0 unspecified atom stereocenters. The summed E-state index contributed by atoms with van der Waals surface area (Å²) in [6, 6.07) is 8.03. The molecule has 2 amide bonds. The summed E-state index contributed by atoms with van der Waals surface area (Å²) in [7, 11) is 0. The van der Waals surface area contributed by atoms with E-state index in [1.165, 1.54) is 29.2 Å². The number of carbonyl (C=O) groups is 2. The number of phenols is 1. The van der Waals surface area contributed by atoms with Crippen LogP contribution in [0, 0.1) is 11.7 Å². The fourth-order valence-electron chi connectivity index (χ4n) is 2.84. The predicted molar refractivity (Wildman–Crippen MR) is 98.9 cm³/mol. The Morgan fingerprint density at radius 1 is 1.21 bits per heavy atom. The molecule has 0 aromatic heterocycles. The first kappa shape index (κ1) is 19.5. The zero-order valence-electron chi connectivity index (χ0n) is 15.1. The van der Waals surface area contributed by atoms with Crippen LogP contribution in [0.3, 0.4) is 0 Å². The number of ether oxygens (including phenoxy) is 1. The van der Waals surface area contributed by atoms with Crippen LogP contribution in [0.4, 0.5) is 9.18 Å². The number of aromatic hydroxyl groups is 1. The molecule has 28 heavy (non-hydrogen) atoms. The maximum atomic E-state index is 14.4. The molecular formula is C20H21FN2O5. The average Bonchev–Trinajstić information content (AvgIpc) is 3.44. The first-order valence-corrected chi connectivity index (χ1v) is 8.90. The normalized spacial score (nSPS) is 13.2. The fraction of sp³-hybridized carbons (Fsp3) is 0.300. The molecule has 2 aromatic carbocycles. The van der Waals surface area contributed by atoms with Crippen molar-refractivity contribution in [2.45, 2.75) is 25.8 Å². The van der Waals surface area contributed by atoms with E-state index in [1.807, 2.05) is 0 Å². The summed E-state index contributed by atoms with van der Waals surface area (Å²) >= 11 is 0. The number of halogens is 1. The number of primary amides is 1. The average molecular weight is 388 g/mol. The van der Waals surface area contributed by atoms with E-state index in [1.54, 1.807) is 6.07 Å². The largest absolute Gasteiger partial charge is 0.507 e. The minimum Gasteiger partial charge on any atom is -0.507 e. The molecule has 7 nitrogen and oxygen atoms in total. The Morgan fingerprint density at radius 2 is 1.96 bits per heavy atom. The molecule has 0 heterocycles. The highest BCUT2D eigenvalue weighted by Gasteiger charge is 2.23. The lowest BCUT2D eigenvalue weighted by molar-refractivity contribution is 0.0997. The molecule has 0 atom stereocenters. The molecule has 148 valence electrons. The van der Waals surface area contributed by atoms with Gasteiger partial charge in [-0.2, -0.15) is 0 Å². The van der Waals surface area contributed by atoms with Gasteiger partial charge >= 0.3 is 6.09 Å². The molecule has 0 saturated heterocycles. The van der Waals surface area contributed by atoms with Crippen molar-refractivity contribution in [3.05, 3.63) is 53.3 Å². The van der Waals surface area contributed by atoms with E-state index in [-0.39, 0.29) is 29.4 Å². The molecule has 1 fully saturated rings. The first-order chi connectivity index (χ1) is 13.3. The summed E-state index contributed by atoms with van der Waals surface area (Å²) in [5.41, 5.74) is 5.56. The Kier molecular flexibility index (Phi) is 5.67. The van der Waals surface area contributed by atoms with Crippen molar-refractivity contribution in [1.82, 2.24) is 4.90 Å². The second-order valence-electron chi connectivity index (χ2n) is 6.85. The number of hydrogen-bond acceptors (Lipinski definition) is 4. The second kappa shape index (κ2) is 8.16. The van der Waals surface area contributed by atoms with Crippen LogP contribution < -0.4 is 10.5 Å².